The maximum Gasteiger partial charge on any atom is 0.327 e. The number of nitrogens with two attached hydrogens (primary N) is 2. The van der Waals surface area contributed by atoms with Gasteiger partial charge in [-0.1, -0.05) is 54.4 Å². The molecular weight excluding hydrogens is 310 g/mol. The Labute approximate surface area is 144 Å². The van der Waals surface area contributed by atoms with Crippen molar-refractivity contribution in [2.24, 2.45) is 29.2 Å². The van der Waals surface area contributed by atoms with Gasteiger partial charge in [0.1, 0.15) is 6.04 Å². The van der Waals surface area contributed by atoms with Crippen molar-refractivity contribution in [1.29, 1.82) is 0 Å². The first-order valence-corrected chi connectivity index (χ1v) is 8.61. The van der Waals surface area contributed by atoms with Gasteiger partial charge in [0.05, 0.1) is 12.1 Å². The van der Waals surface area contributed by atoms with Crippen LogP contribution in [0.5, 0.6) is 0 Å². The SMILES string of the molecule is CCC(C)C(N)C(=O)N(C(=O)C(N)C(C)C)C(C(=O)O)C(C)CC. The van der Waals surface area contributed by atoms with E-state index < -0.39 is 41.8 Å². The van der Waals surface area contributed by atoms with Crippen LogP contribution < -0.4 is 11.5 Å². The number of hydrogen-bond donors (Lipinski definition) is 3. The zero-order chi connectivity index (χ0) is 19.2. The quantitative estimate of drug-likeness (QED) is 0.577. The van der Waals surface area contributed by atoms with Crippen molar-refractivity contribution >= 4 is 17.8 Å². The second kappa shape index (κ2) is 9.74. The van der Waals surface area contributed by atoms with E-state index in [9.17, 15) is 19.5 Å². The summed E-state index contributed by atoms with van der Waals surface area (Å²) in [6, 6.07) is -3.16. The van der Waals surface area contributed by atoms with E-state index in [1.54, 1.807) is 27.7 Å². The van der Waals surface area contributed by atoms with Gasteiger partial charge in [0, 0.05) is 0 Å². The van der Waals surface area contributed by atoms with Gasteiger partial charge in [0.25, 0.3) is 0 Å². The van der Waals surface area contributed by atoms with Gasteiger partial charge in [-0.25, -0.2) is 4.79 Å². The third-order valence-electron chi connectivity index (χ3n) is 4.73. The number of nitrogens with zero attached hydrogens (tertiary/aromatic N) is 1. The molecule has 0 radical (unpaired) electrons. The lowest BCUT2D eigenvalue weighted by molar-refractivity contribution is -0.162. The normalized spacial score (nSPS) is 17.7. The number of hydrogen-bond acceptors (Lipinski definition) is 5. The minimum absolute atomic E-state index is 0.172. The first-order valence-electron chi connectivity index (χ1n) is 8.61. The average molecular weight is 343 g/mol. The maximum atomic E-state index is 12.8. The van der Waals surface area contributed by atoms with Crippen LogP contribution in [0, 0.1) is 17.8 Å². The molecule has 140 valence electrons. The number of aliphatic carboxylic acids is 1. The fraction of sp³-hybridized carbons (Fsp3) is 0.824. The summed E-state index contributed by atoms with van der Waals surface area (Å²) in [5.74, 6) is -3.37. The maximum absolute atomic E-state index is 12.8. The van der Waals surface area contributed by atoms with Gasteiger partial charge >= 0.3 is 5.97 Å². The first-order chi connectivity index (χ1) is 11.0. The number of carboxylic acid groups (broad SMARTS) is 1. The molecule has 0 heterocycles. The van der Waals surface area contributed by atoms with Crippen LogP contribution in [0.2, 0.25) is 0 Å². The molecule has 7 nitrogen and oxygen atoms in total. The molecule has 0 aromatic rings. The van der Waals surface area contributed by atoms with E-state index in [4.69, 9.17) is 11.5 Å². The van der Waals surface area contributed by atoms with Crippen LogP contribution in [0.1, 0.15) is 54.4 Å². The molecule has 0 rings (SSSR count). The summed E-state index contributed by atoms with van der Waals surface area (Å²) in [6.45, 7) is 10.7. The number of rotatable bonds is 9. The van der Waals surface area contributed by atoms with Gasteiger partial charge in [-0.2, -0.15) is 0 Å². The predicted molar refractivity (Wildman–Crippen MR) is 93.0 cm³/mol. The molecule has 24 heavy (non-hydrogen) atoms. The molecule has 0 aromatic carbocycles. The Morgan fingerprint density at radius 1 is 0.875 bits per heavy atom. The smallest absolute Gasteiger partial charge is 0.327 e. The highest BCUT2D eigenvalue weighted by Crippen LogP contribution is 2.20. The summed E-state index contributed by atoms with van der Waals surface area (Å²) in [5, 5.41) is 9.61. The van der Waals surface area contributed by atoms with E-state index >= 15 is 0 Å². The van der Waals surface area contributed by atoms with Crippen LogP contribution in [-0.4, -0.2) is 45.9 Å². The fourth-order valence-electron chi connectivity index (χ4n) is 2.32. The summed E-state index contributed by atoms with van der Waals surface area (Å²) in [6.07, 6.45) is 1.15. The number of carbonyl (C=O) groups is 3. The lowest BCUT2D eigenvalue weighted by Gasteiger charge is -2.35. The largest absolute Gasteiger partial charge is 0.480 e. The summed E-state index contributed by atoms with van der Waals surface area (Å²) >= 11 is 0. The number of carbonyl (C=O) groups excluding carboxylic acids is 2. The van der Waals surface area contributed by atoms with Crippen molar-refractivity contribution in [3.8, 4) is 0 Å². The Morgan fingerprint density at radius 2 is 1.29 bits per heavy atom. The van der Waals surface area contributed by atoms with Gasteiger partial charge in [0.15, 0.2) is 0 Å². The third-order valence-corrected chi connectivity index (χ3v) is 4.73. The Hall–Kier alpha value is -1.47. The van der Waals surface area contributed by atoms with Gasteiger partial charge in [-0.15, -0.1) is 0 Å². The van der Waals surface area contributed by atoms with Crippen molar-refractivity contribution in [1.82, 2.24) is 4.90 Å². The summed E-state index contributed by atoms with van der Waals surface area (Å²) in [7, 11) is 0. The van der Waals surface area contributed by atoms with E-state index in [-0.39, 0.29) is 11.8 Å². The summed E-state index contributed by atoms with van der Waals surface area (Å²) < 4.78 is 0. The van der Waals surface area contributed by atoms with E-state index in [1.807, 2.05) is 13.8 Å². The van der Waals surface area contributed by atoms with Crippen LogP contribution in [0.3, 0.4) is 0 Å². The first kappa shape index (κ1) is 22.5. The fourth-order valence-corrected chi connectivity index (χ4v) is 2.32. The Kier molecular flexibility index (Phi) is 9.14. The van der Waals surface area contributed by atoms with E-state index in [1.165, 1.54) is 0 Å². The Morgan fingerprint density at radius 3 is 1.62 bits per heavy atom. The van der Waals surface area contributed by atoms with Crippen molar-refractivity contribution < 1.29 is 19.5 Å². The molecule has 0 aliphatic rings. The van der Waals surface area contributed by atoms with Crippen LogP contribution >= 0.6 is 0 Å². The zero-order valence-electron chi connectivity index (χ0n) is 15.7. The standard InChI is InChI=1S/C17H33N3O4/c1-7-10(5)13(19)16(22)20(15(21)12(18)9(3)4)14(17(23)24)11(6)8-2/h9-14H,7-8,18-19H2,1-6H3,(H,23,24). The molecule has 0 saturated carbocycles. The van der Waals surface area contributed by atoms with Gasteiger partial charge < -0.3 is 16.6 Å². The van der Waals surface area contributed by atoms with Crippen molar-refractivity contribution in [2.75, 3.05) is 0 Å². The summed E-state index contributed by atoms with van der Waals surface area (Å²) in [4.78, 5) is 38.2. The molecule has 0 bridgehead atoms. The Bertz CT molecular complexity index is 453. The summed E-state index contributed by atoms with van der Waals surface area (Å²) in [5.41, 5.74) is 11.9. The molecule has 0 saturated heterocycles. The minimum Gasteiger partial charge on any atom is -0.480 e. The molecule has 0 aliphatic carbocycles. The van der Waals surface area contributed by atoms with Crippen molar-refractivity contribution in [2.45, 2.75) is 72.5 Å². The van der Waals surface area contributed by atoms with Crippen LogP contribution in [-0.2, 0) is 14.4 Å². The lowest BCUT2D eigenvalue weighted by Crippen LogP contribution is -2.61. The number of imide groups is 1. The second-order valence-electron chi connectivity index (χ2n) is 6.90. The molecule has 0 spiro atoms. The van der Waals surface area contributed by atoms with Gasteiger partial charge in [0.2, 0.25) is 11.8 Å². The molecule has 2 amide bonds. The minimum atomic E-state index is -1.27. The highest BCUT2D eigenvalue weighted by molar-refractivity contribution is 6.03. The molecule has 0 fully saturated rings. The molecule has 5 unspecified atom stereocenters. The molecule has 5 N–H and O–H groups in total. The van der Waals surface area contributed by atoms with Gasteiger partial charge in [-0.05, 0) is 17.8 Å². The number of carboxylic acids is 1. The predicted octanol–water partition coefficient (Wildman–Crippen LogP) is 1.20. The second-order valence-corrected chi connectivity index (χ2v) is 6.90. The van der Waals surface area contributed by atoms with E-state index in [2.05, 4.69) is 0 Å². The van der Waals surface area contributed by atoms with Crippen LogP contribution in [0.15, 0.2) is 0 Å². The van der Waals surface area contributed by atoms with E-state index in [0.717, 1.165) is 4.90 Å². The Balaban J connectivity index is 5.95. The third kappa shape index (κ3) is 5.27. The van der Waals surface area contributed by atoms with Crippen molar-refractivity contribution in [3.05, 3.63) is 0 Å². The van der Waals surface area contributed by atoms with Crippen LogP contribution in [0.4, 0.5) is 0 Å². The molecule has 7 heteroatoms. The highest BCUT2D eigenvalue weighted by Gasteiger charge is 2.42. The van der Waals surface area contributed by atoms with Crippen LogP contribution in [0.25, 0.3) is 0 Å². The van der Waals surface area contributed by atoms with E-state index in [0.29, 0.717) is 12.8 Å². The molecular formula is C17H33N3O4. The number of amides is 2. The molecule has 0 aliphatic heterocycles. The van der Waals surface area contributed by atoms with Gasteiger partial charge in [-0.3, -0.25) is 14.5 Å². The lowest BCUT2D eigenvalue weighted by atomic mass is 9.92. The highest BCUT2D eigenvalue weighted by atomic mass is 16.4. The monoisotopic (exact) mass is 343 g/mol. The topological polar surface area (TPSA) is 127 Å². The molecule has 5 atom stereocenters. The molecule has 0 aromatic heterocycles. The zero-order valence-corrected chi connectivity index (χ0v) is 15.7. The average Bonchev–Trinajstić information content (AvgIpc) is 2.54. The van der Waals surface area contributed by atoms with Crippen molar-refractivity contribution in [3.63, 3.8) is 0 Å².